The number of nitrogens with zero attached hydrogens (tertiary/aromatic N) is 1. The molecule has 0 atom stereocenters. The third kappa shape index (κ3) is 2.55. The van der Waals surface area contributed by atoms with Crippen molar-refractivity contribution in [2.75, 3.05) is 24.4 Å². The SMILES string of the molecule is COc1cc(OC)cc(N2C(=N)C(=C3Cc4ccccc4N3)C(=O)C23CC(O)C3)c1. The molecule has 2 aromatic carbocycles. The van der Waals surface area contributed by atoms with E-state index < -0.39 is 11.6 Å². The summed E-state index contributed by atoms with van der Waals surface area (Å²) in [6.07, 6.45) is 0.595. The van der Waals surface area contributed by atoms with Gasteiger partial charge in [0.05, 0.1) is 31.6 Å². The maximum Gasteiger partial charge on any atom is 0.194 e. The Labute approximate surface area is 174 Å². The Hall–Kier alpha value is -3.32. The van der Waals surface area contributed by atoms with E-state index in [9.17, 15) is 9.90 Å². The first-order valence-electron chi connectivity index (χ1n) is 9.90. The number of hydrogen-bond donors (Lipinski definition) is 3. The van der Waals surface area contributed by atoms with Crippen LogP contribution in [0.15, 0.2) is 53.7 Å². The van der Waals surface area contributed by atoms with E-state index >= 15 is 0 Å². The van der Waals surface area contributed by atoms with Crippen LogP contribution in [0.3, 0.4) is 0 Å². The van der Waals surface area contributed by atoms with E-state index in [0.29, 0.717) is 29.2 Å². The van der Waals surface area contributed by atoms with Gasteiger partial charge in [-0.15, -0.1) is 0 Å². The molecule has 1 saturated carbocycles. The first kappa shape index (κ1) is 18.7. The predicted molar refractivity (Wildman–Crippen MR) is 114 cm³/mol. The second-order valence-electron chi connectivity index (χ2n) is 7.99. The van der Waals surface area contributed by atoms with Gasteiger partial charge in [-0.3, -0.25) is 10.2 Å². The number of nitrogens with one attached hydrogen (secondary N) is 2. The average molecular weight is 405 g/mol. The summed E-state index contributed by atoms with van der Waals surface area (Å²) in [5, 5.41) is 22.4. The molecule has 1 aliphatic carbocycles. The number of allylic oxidation sites excluding steroid dienone is 1. The number of ether oxygens (including phenoxy) is 2. The summed E-state index contributed by atoms with van der Waals surface area (Å²) in [5.74, 6) is 1.17. The lowest BCUT2D eigenvalue weighted by Crippen LogP contribution is -2.61. The van der Waals surface area contributed by atoms with Gasteiger partial charge in [-0.25, -0.2) is 0 Å². The van der Waals surface area contributed by atoms with Crippen LogP contribution in [-0.2, 0) is 11.2 Å². The number of fused-ring (bicyclic) bond motifs is 1. The molecule has 1 saturated heterocycles. The Morgan fingerprint density at radius 2 is 1.80 bits per heavy atom. The monoisotopic (exact) mass is 405 g/mol. The predicted octanol–water partition coefficient (Wildman–Crippen LogP) is 2.89. The number of rotatable bonds is 3. The number of ketones is 1. The molecular weight excluding hydrogens is 382 g/mol. The Balaban J connectivity index is 1.63. The van der Waals surface area contributed by atoms with Crippen LogP contribution in [0.5, 0.6) is 11.5 Å². The molecule has 3 aliphatic rings. The highest BCUT2D eigenvalue weighted by Gasteiger charge is 2.62. The summed E-state index contributed by atoms with van der Waals surface area (Å²) in [6, 6.07) is 13.2. The molecule has 3 N–H and O–H groups in total. The molecule has 154 valence electrons. The van der Waals surface area contributed by atoms with Crippen LogP contribution >= 0.6 is 0 Å². The number of aliphatic hydroxyl groups is 1. The largest absolute Gasteiger partial charge is 0.497 e. The lowest BCUT2D eigenvalue weighted by molar-refractivity contribution is -0.125. The van der Waals surface area contributed by atoms with Crippen LogP contribution in [-0.4, -0.2) is 42.6 Å². The number of benzene rings is 2. The minimum Gasteiger partial charge on any atom is -0.497 e. The topological polar surface area (TPSA) is 94.9 Å². The summed E-state index contributed by atoms with van der Waals surface area (Å²) >= 11 is 0. The number of hydrogen-bond acceptors (Lipinski definition) is 6. The molecule has 1 spiro atoms. The van der Waals surface area contributed by atoms with Crippen molar-refractivity contribution in [1.29, 1.82) is 5.41 Å². The lowest BCUT2D eigenvalue weighted by atomic mass is 9.71. The number of carbonyl (C=O) groups excluding carboxylic acids is 1. The zero-order valence-electron chi connectivity index (χ0n) is 16.9. The Morgan fingerprint density at radius 1 is 1.13 bits per heavy atom. The molecular formula is C23H23N3O4. The van der Waals surface area contributed by atoms with Crippen molar-refractivity contribution in [1.82, 2.24) is 0 Å². The number of carbonyl (C=O) groups is 1. The highest BCUT2D eigenvalue weighted by Crippen LogP contribution is 2.50. The summed E-state index contributed by atoms with van der Waals surface area (Å²) in [4.78, 5) is 15.4. The summed E-state index contributed by atoms with van der Waals surface area (Å²) in [6.45, 7) is 0. The number of methoxy groups -OCH3 is 2. The molecule has 0 bridgehead atoms. The van der Waals surface area contributed by atoms with E-state index in [1.54, 1.807) is 37.3 Å². The molecule has 2 fully saturated rings. The van der Waals surface area contributed by atoms with Crippen LogP contribution in [0, 0.1) is 5.41 Å². The quantitative estimate of drug-likeness (QED) is 0.680. The highest BCUT2D eigenvalue weighted by atomic mass is 16.5. The Kier molecular flexibility index (Phi) is 4.11. The Morgan fingerprint density at radius 3 is 2.40 bits per heavy atom. The standard InChI is InChI=1S/C23H23N3O4/c1-29-16-8-14(9-17(10-16)30-2)26-22(24)20(21(28)23(26)11-15(27)12-23)19-7-13-5-3-4-6-18(13)25-19/h3-6,8-10,15,24-25,27H,7,11-12H2,1-2H3. The van der Waals surface area contributed by atoms with E-state index in [1.165, 1.54) is 0 Å². The molecule has 0 unspecified atom stereocenters. The molecule has 5 rings (SSSR count). The zero-order chi connectivity index (χ0) is 21.0. The highest BCUT2D eigenvalue weighted by molar-refractivity contribution is 6.37. The van der Waals surface area contributed by atoms with Gasteiger partial charge in [-0.2, -0.15) is 0 Å². The third-order valence-electron chi connectivity index (χ3n) is 6.25. The van der Waals surface area contributed by atoms with Crippen molar-refractivity contribution < 1.29 is 19.4 Å². The smallest absolute Gasteiger partial charge is 0.194 e. The van der Waals surface area contributed by atoms with E-state index in [0.717, 1.165) is 16.9 Å². The number of para-hydroxylation sites is 1. The number of aliphatic hydroxyl groups excluding tert-OH is 1. The van der Waals surface area contributed by atoms with E-state index in [4.69, 9.17) is 14.9 Å². The van der Waals surface area contributed by atoms with Crippen molar-refractivity contribution in [3.63, 3.8) is 0 Å². The molecule has 2 aliphatic heterocycles. The van der Waals surface area contributed by atoms with Crippen LogP contribution in [0.2, 0.25) is 0 Å². The van der Waals surface area contributed by atoms with Gasteiger partial charge in [0, 0.05) is 48.8 Å². The molecule has 7 heteroatoms. The van der Waals surface area contributed by atoms with Crippen molar-refractivity contribution in [3.05, 3.63) is 59.3 Å². The second kappa shape index (κ2) is 6.60. The summed E-state index contributed by atoms with van der Waals surface area (Å²) < 4.78 is 10.8. The maximum absolute atomic E-state index is 13.6. The minimum absolute atomic E-state index is 0.116. The van der Waals surface area contributed by atoms with Gasteiger partial charge in [0.25, 0.3) is 0 Å². The fourth-order valence-electron chi connectivity index (χ4n) is 4.78. The minimum atomic E-state index is -0.952. The van der Waals surface area contributed by atoms with E-state index in [2.05, 4.69) is 5.32 Å². The van der Waals surface area contributed by atoms with Crippen molar-refractivity contribution in [2.45, 2.75) is 30.9 Å². The fraction of sp³-hybridized carbons (Fsp3) is 0.304. The summed E-state index contributed by atoms with van der Waals surface area (Å²) in [5.41, 5.74) is 2.88. The molecule has 2 heterocycles. The van der Waals surface area contributed by atoms with Gasteiger partial charge in [0.15, 0.2) is 5.78 Å². The molecule has 0 amide bonds. The van der Waals surface area contributed by atoms with Gasteiger partial charge < -0.3 is 24.8 Å². The molecule has 2 aromatic rings. The van der Waals surface area contributed by atoms with E-state index in [-0.39, 0.29) is 24.5 Å². The van der Waals surface area contributed by atoms with Crippen LogP contribution in [0.4, 0.5) is 11.4 Å². The van der Waals surface area contributed by atoms with Gasteiger partial charge in [-0.1, -0.05) is 18.2 Å². The molecule has 0 aromatic heterocycles. The first-order valence-corrected chi connectivity index (χ1v) is 9.90. The van der Waals surface area contributed by atoms with Crippen LogP contribution < -0.4 is 19.7 Å². The van der Waals surface area contributed by atoms with Gasteiger partial charge >= 0.3 is 0 Å². The normalized spacial score (nSPS) is 27.2. The van der Waals surface area contributed by atoms with Crippen LogP contribution in [0.25, 0.3) is 0 Å². The number of anilines is 2. The summed E-state index contributed by atoms with van der Waals surface area (Å²) in [7, 11) is 3.13. The van der Waals surface area contributed by atoms with Crippen molar-refractivity contribution in [2.24, 2.45) is 0 Å². The van der Waals surface area contributed by atoms with Crippen molar-refractivity contribution >= 4 is 23.0 Å². The second-order valence-corrected chi connectivity index (χ2v) is 7.99. The van der Waals surface area contributed by atoms with Gasteiger partial charge in [-0.05, 0) is 11.6 Å². The number of Topliss-reactive ketones (excluding diaryl/α,β-unsaturated/α-hetero) is 1. The van der Waals surface area contributed by atoms with Crippen LogP contribution in [0.1, 0.15) is 18.4 Å². The lowest BCUT2D eigenvalue weighted by Gasteiger charge is -2.47. The molecule has 30 heavy (non-hydrogen) atoms. The molecule has 0 radical (unpaired) electrons. The maximum atomic E-state index is 13.6. The zero-order valence-corrected chi connectivity index (χ0v) is 16.9. The van der Waals surface area contributed by atoms with Crippen molar-refractivity contribution in [3.8, 4) is 11.5 Å². The Bertz CT molecular complexity index is 1050. The van der Waals surface area contributed by atoms with Gasteiger partial charge in [0.1, 0.15) is 22.9 Å². The van der Waals surface area contributed by atoms with E-state index in [1.807, 2.05) is 24.3 Å². The third-order valence-corrected chi connectivity index (χ3v) is 6.25. The first-order chi connectivity index (χ1) is 14.5. The fourth-order valence-corrected chi connectivity index (χ4v) is 4.78. The number of amidine groups is 1. The van der Waals surface area contributed by atoms with Gasteiger partial charge in [0.2, 0.25) is 0 Å². The molecule has 7 nitrogen and oxygen atoms in total. The average Bonchev–Trinajstić information content (AvgIpc) is 3.24.